The molecule has 1 aliphatic heterocycles. The molecular weight excluding hydrogens is 288 g/mol. The first-order valence-corrected chi connectivity index (χ1v) is 7.92. The number of rotatable bonds is 5. The largest absolute Gasteiger partial charge is 0.464 e. The predicted octanol–water partition coefficient (Wildman–Crippen LogP) is 2.41. The fourth-order valence-electron chi connectivity index (χ4n) is 3.02. The van der Waals surface area contributed by atoms with Crippen molar-refractivity contribution in [3.05, 3.63) is 34.9 Å². The van der Waals surface area contributed by atoms with E-state index in [0.717, 1.165) is 31.7 Å². The molecule has 1 heterocycles. The third-order valence-corrected chi connectivity index (χ3v) is 4.36. The summed E-state index contributed by atoms with van der Waals surface area (Å²) in [4.78, 5) is 15.0. The number of esters is 1. The van der Waals surface area contributed by atoms with Gasteiger partial charge in [0, 0.05) is 31.2 Å². The van der Waals surface area contributed by atoms with Crippen LogP contribution in [0.3, 0.4) is 0 Å². The quantitative estimate of drug-likeness (QED) is 0.848. The minimum atomic E-state index is -0.720. The number of carbonyl (C=O) groups excluding carboxylic acids is 1. The molecule has 5 heteroatoms. The Morgan fingerprint density at radius 3 is 2.43 bits per heavy atom. The maximum Gasteiger partial charge on any atom is 0.331 e. The van der Waals surface area contributed by atoms with Gasteiger partial charge in [0.2, 0.25) is 0 Å². The van der Waals surface area contributed by atoms with Crippen LogP contribution in [0.5, 0.6) is 0 Å². The van der Waals surface area contributed by atoms with E-state index in [0.29, 0.717) is 18.1 Å². The van der Waals surface area contributed by atoms with Crippen molar-refractivity contribution in [2.24, 2.45) is 0 Å². The molecule has 1 N–H and O–H groups in total. The lowest BCUT2D eigenvalue weighted by molar-refractivity contribution is -0.160. The van der Waals surface area contributed by atoms with Gasteiger partial charge in [0.25, 0.3) is 0 Å². The van der Waals surface area contributed by atoms with Crippen molar-refractivity contribution in [2.45, 2.75) is 25.8 Å². The number of benzene rings is 1. The summed E-state index contributed by atoms with van der Waals surface area (Å²) in [5.41, 5.74) is 0.234. The van der Waals surface area contributed by atoms with Crippen molar-refractivity contribution in [1.29, 1.82) is 0 Å². The SMILES string of the molecule is CCOC(=O)C(CC)(c1ccc(Cl)cc1)N1CCNCC1. The summed E-state index contributed by atoms with van der Waals surface area (Å²) in [6.07, 6.45) is 0.674. The molecule has 1 fully saturated rings. The average Bonchev–Trinajstić information content (AvgIpc) is 2.52. The van der Waals surface area contributed by atoms with E-state index in [2.05, 4.69) is 10.2 Å². The molecule has 0 bridgehead atoms. The number of halogens is 1. The van der Waals surface area contributed by atoms with E-state index in [1.54, 1.807) is 0 Å². The Hall–Kier alpha value is -1.10. The normalized spacial score (nSPS) is 19.0. The molecule has 116 valence electrons. The second-order valence-electron chi connectivity index (χ2n) is 5.18. The number of ether oxygens (including phenoxy) is 1. The van der Waals surface area contributed by atoms with Crippen LogP contribution in [0, 0.1) is 0 Å². The molecule has 1 atom stereocenters. The highest BCUT2D eigenvalue weighted by atomic mass is 35.5. The van der Waals surface area contributed by atoms with E-state index < -0.39 is 5.54 Å². The molecule has 1 saturated heterocycles. The highest BCUT2D eigenvalue weighted by molar-refractivity contribution is 6.30. The molecule has 1 aromatic carbocycles. The standard InChI is InChI=1S/C16H23ClN2O2/c1-3-16(15(20)21-4-2,19-11-9-18-10-12-19)13-5-7-14(17)8-6-13/h5-8,18H,3-4,9-12H2,1-2H3. The summed E-state index contributed by atoms with van der Waals surface area (Å²) >= 11 is 5.99. The average molecular weight is 311 g/mol. The lowest BCUT2D eigenvalue weighted by Gasteiger charge is -2.43. The Bertz CT molecular complexity index is 472. The Morgan fingerprint density at radius 1 is 1.29 bits per heavy atom. The Kier molecular flexibility index (Phi) is 5.62. The van der Waals surface area contributed by atoms with Gasteiger partial charge in [0.1, 0.15) is 5.54 Å². The summed E-state index contributed by atoms with van der Waals surface area (Å²) in [7, 11) is 0. The van der Waals surface area contributed by atoms with Gasteiger partial charge in [-0.3, -0.25) is 4.90 Å². The highest BCUT2D eigenvalue weighted by Gasteiger charge is 2.45. The molecule has 21 heavy (non-hydrogen) atoms. The first-order valence-electron chi connectivity index (χ1n) is 7.54. The number of nitrogens with one attached hydrogen (secondary N) is 1. The zero-order chi connectivity index (χ0) is 15.3. The summed E-state index contributed by atoms with van der Waals surface area (Å²) in [6.45, 7) is 7.69. The van der Waals surface area contributed by atoms with Gasteiger partial charge >= 0.3 is 5.97 Å². The Morgan fingerprint density at radius 2 is 1.90 bits per heavy atom. The van der Waals surface area contributed by atoms with Gasteiger partial charge in [-0.1, -0.05) is 30.7 Å². The van der Waals surface area contributed by atoms with E-state index >= 15 is 0 Å². The maximum absolute atomic E-state index is 12.8. The van der Waals surface area contributed by atoms with Crippen molar-refractivity contribution in [2.75, 3.05) is 32.8 Å². The smallest absolute Gasteiger partial charge is 0.331 e. The lowest BCUT2D eigenvalue weighted by atomic mass is 9.84. The zero-order valence-electron chi connectivity index (χ0n) is 12.7. The highest BCUT2D eigenvalue weighted by Crippen LogP contribution is 2.34. The monoisotopic (exact) mass is 310 g/mol. The summed E-state index contributed by atoms with van der Waals surface area (Å²) in [5, 5.41) is 4.00. The molecule has 0 aliphatic carbocycles. The van der Waals surface area contributed by atoms with Gasteiger partial charge in [-0.15, -0.1) is 0 Å². The van der Waals surface area contributed by atoms with Crippen LogP contribution in [0.15, 0.2) is 24.3 Å². The number of hydrogen-bond donors (Lipinski definition) is 1. The van der Waals surface area contributed by atoms with Gasteiger partial charge in [-0.2, -0.15) is 0 Å². The maximum atomic E-state index is 12.8. The molecule has 4 nitrogen and oxygen atoms in total. The molecule has 0 saturated carbocycles. The van der Waals surface area contributed by atoms with Crippen LogP contribution in [-0.4, -0.2) is 43.7 Å². The number of carbonyl (C=O) groups is 1. The molecule has 1 aromatic rings. The third-order valence-electron chi connectivity index (χ3n) is 4.10. The van der Waals surface area contributed by atoms with Gasteiger partial charge in [0.05, 0.1) is 6.61 Å². The van der Waals surface area contributed by atoms with Crippen molar-refractivity contribution in [3.63, 3.8) is 0 Å². The van der Waals surface area contributed by atoms with Crippen molar-refractivity contribution in [3.8, 4) is 0 Å². The third kappa shape index (κ3) is 3.23. The van der Waals surface area contributed by atoms with Crippen molar-refractivity contribution >= 4 is 17.6 Å². The van der Waals surface area contributed by atoms with Gasteiger partial charge in [0.15, 0.2) is 0 Å². The van der Waals surface area contributed by atoms with Crippen LogP contribution in [0.4, 0.5) is 0 Å². The van der Waals surface area contributed by atoms with Crippen LogP contribution in [0.2, 0.25) is 5.02 Å². The Labute approximate surface area is 131 Å². The molecule has 0 radical (unpaired) electrons. The summed E-state index contributed by atoms with van der Waals surface area (Å²) < 4.78 is 5.40. The molecular formula is C16H23ClN2O2. The van der Waals surface area contributed by atoms with E-state index in [4.69, 9.17) is 16.3 Å². The van der Waals surface area contributed by atoms with E-state index in [1.807, 2.05) is 38.1 Å². The van der Waals surface area contributed by atoms with Crippen LogP contribution in [0.1, 0.15) is 25.8 Å². The van der Waals surface area contributed by atoms with Crippen LogP contribution in [-0.2, 0) is 15.1 Å². The summed E-state index contributed by atoms with van der Waals surface area (Å²) in [5.74, 6) is -0.170. The second-order valence-corrected chi connectivity index (χ2v) is 5.61. The molecule has 0 aromatic heterocycles. The fourth-order valence-corrected chi connectivity index (χ4v) is 3.15. The molecule has 2 rings (SSSR count). The Balaban J connectivity index is 2.44. The van der Waals surface area contributed by atoms with E-state index in [1.165, 1.54) is 0 Å². The van der Waals surface area contributed by atoms with Gasteiger partial charge in [-0.05, 0) is 31.0 Å². The number of hydrogen-bond acceptors (Lipinski definition) is 4. The molecule has 0 amide bonds. The summed E-state index contributed by atoms with van der Waals surface area (Å²) in [6, 6.07) is 7.54. The van der Waals surface area contributed by atoms with Crippen LogP contribution < -0.4 is 5.32 Å². The first kappa shape index (κ1) is 16.3. The molecule has 0 spiro atoms. The van der Waals surface area contributed by atoms with Crippen LogP contribution >= 0.6 is 11.6 Å². The minimum Gasteiger partial charge on any atom is -0.464 e. The number of piperazine rings is 1. The molecule has 1 unspecified atom stereocenters. The zero-order valence-corrected chi connectivity index (χ0v) is 13.4. The lowest BCUT2D eigenvalue weighted by Crippen LogP contribution is -2.58. The number of nitrogens with zero attached hydrogens (tertiary/aromatic N) is 1. The predicted molar refractivity (Wildman–Crippen MR) is 84.5 cm³/mol. The topological polar surface area (TPSA) is 41.6 Å². The minimum absolute atomic E-state index is 0.170. The van der Waals surface area contributed by atoms with Gasteiger partial charge in [-0.25, -0.2) is 4.79 Å². The molecule has 1 aliphatic rings. The van der Waals surface area contributed by atoms with Crippen molar-refractivity contribution in [1.82, 2.24) is 10.2 Å². The second kappa shape index (κ2) is 7.25. The van der Waals surface area contributed by atoms with Gasteiger partial charge < -0.3 is 10.1 Å². The first-order chi connectivity index (χ1) is 10.1. The van der Waals surface area contributed by atoms with Crippen molar-refractivity contribution < 1.29 is 9.53 Å². The van der Waals surface area contributed by atoms with E-state index in [-0.39, 0.29) is 5.97 Å². The van der Waals surface area contributed by atoms with E-state index in [9.17, 15) is 4.79 Å². The van der Waals surface area contributed by atoms with Crippen LogP contribution in [0.25, 0.3) is 0 Å². The fraction of sp³-hybridized carbons (Fsp3) is 0.562.